The second-order valence-corrected chi connectivity index (χ2v) is 3.08. The Kier molecular flexibility index (Phi) is 4.08. The van der Waals surface area contributed by atoms with Crippen LogP contribution in [0.2, 0.25) is 0 Å². The molecule has 0 heterocycles. The van der Waals surface area contributed by atoms with E-state index in [0.29, 0.717) is 11.3 Å². The largest absolute Gasteiger partial charge is 0.483 e. The maximum atomic E-state index is 10.5. The molecule has 15 heavy (non-hydrogen) atoms. The van der Waals surface area contributed by atoms with Crippen LogP contribution in [0.25, 0.3) is 0 Å². The van der Waals surface area contributed by atoms with Crippen LogP contribution in [0, 0.1) is 0 Å². The number of aliphatic hydroxyl groups is 1. The molecule has 1 amide bonds. The van der Waals surface area contributed by atoms with Crippen LogP contribution in [0.3, 0.4) is 0 Å². The molecule has 1 aromatic carbocycles. The third kappa shape index (κ3) is 3.23. The van der Waals surface area contributed by atoms with E-state index < -0.39 is 11.9 Å². The predicted octanol–water partition coefficient (Wildman–Crippen LogP) is -0.457. The zero-order valence-electron chi connectivity index (χ0n) is 8.22. The second kappa shape index (κ2) is 5.33. The molecular weight excluding hydrogens is 196 g/mol. The first-order valence-electron chi connectivity index (χ1n) is 4.51. The Hall–Kier alpha value is -1.59. The van der Waals surface area contributed by atoms with Crippen molar-refractivity contribution in [1.82, 2.24) is 0 Å². The molecule has 0 radical (unpaired) electrons. The molecule has 0 aliphatic heterocycles. The molecule has 0 fully saturated rings. The lowest BCUT2D eigenvalue weighted by Gasteiger charge is -2.14. The minimum Gasteiger partial charge on any atom is -0.483 e. The number of carbonyl (C=O) groups is 1. The number of carbonyl (C=O) groups excluding carboxylic acids is 1. The van der Waals surface area contributed by atoms with Crippen LogP contribution in [0.1, 0.15) is 11.6 Å². The molecule has 82 valence electrons. The van der Waals surface area contributed by atoms with Crippen molar-refractivity contribution in [3.05, 3.63) is 29.8 Å². The number of amides is 1. The van der Waals surface area contributed by atoms with Gasteiger partial charge in [0.05, 0.1) is 12.6 Å². The van der Waals surface area contributed by atoms with Crippen molar-refractivity contribution < 1.29 is 14.6 Å². The lowest BCUT2D eigenvalue weighted by atomic mass is 10.1. The Morgan fingerprint density at radius 3 is 2.73 bits per heavy atom. The second-order valence-electron chi connectivity index (χ2n) is 3.08. The lowest BCUT2D eigenvalue weighted by molar-refractivity contribution is -0.119. The van der Waals surface area contributed by atoms with Gasteiger partial charge in [-0.1, -0.05) is 18.2 Å². The summed E-state index contributed by atoms with van der Waals surface area (Å²) in [6, 6.07) is 6.42. The summed E-state index contributed by atoms with van der Waals surface area (Å²) in [5.41, 5.74) is 11.3. The van der Waals surface area contributed by atoms with Crippen LogP contribution >= 0.6 is 0 Å². The van der Waals surface area contributed by atoms with Gasteiger partial charge in [-0.05, 0) is 6.07 Å². The van der Waals surface area contributed by atoms with E-state index >= 15 is 0 Å². The number of para-hydroxylation sites is 1. The van der Waals surface area contributed by atoms with Gasteiger partial charge in [0.15, 0.2) is 6.61 Å². The highest BCUT2D eigenvalue weighted by molar-refractivity contribution is 5.75. The first-order valence-corrected chi connectivity index (χ1v) is 4.51. The van der Waals surface area contributed by atoms with Crippen LogP contribution < -0.4 is 16.2 Å². The van der Waals surface area contributed by atoms with Gasteiger partial charge in [0.2, 0.25) is 0 Å². The molecule has 5 heteroatoms. The molecule has 5 nitrogen and oxygen atoms in total. The van der Waals surface area contributed by atoms with Gasteiger partial charge in [0.25, 0.3) is 5.91 Å². The van der Waals surface area contributed by atoms with Crippen molar-refractivity contribution in [2.75, 3.05) is 13.2 Å². The highest BCUT2D eigenvalue weighted by atomic mass is 16.5. The number of ether oxygens (including phenoxy) is 1. The van der Waals surface area contributed by atoms with E-state index in [1.54, 1.807) is 24.3 Å². The number of benzene rings is 1. The molecule has 0 aliphatic carbocycles. The molecule has 1 rings (SSSR count). The van der Waals surface area contributed by atoms with E-state index in [2.05, 4.69) is 0 Å². The number of primary amides is 1. The van der Waals surface area contributed by atoms with Gasteiger partial charge in [-0.15, -0.1) is 0 Å². The Balaban J connectivity index is 2.81. The van der Waals surface area contributed by atoms with Gasteiger partial charge in [-0.25, -0.2) is 0 Å². The summed E-state index contributed by atoms with van der Waals surface area (Å²) in [6.45, 7) is -0.383. The quantitative estimate of drug-likeness (QED) is 0.612. The van der Waals surface area contributed by atoms with Gasteiger partial charge in [-0.2, -0.15) is 0 Å². The molecule has 0 bridgehead atoms. The molecule has 0 unspecified atom stereocenters. The maximum absolute atomic E-state index is 10.5. The van der Waals surface area contributed by atoms with Crippen LogP contribution in [0.4, 0.5) is 0 Å². The molecule has 0 aliphatic rings. The first kappa shape index (κ1) is 11.5. The van der Waals surface area contributed by atoms with Crippen molar-refractivity contribution in [3.63, 3.8) is 0 Å². The molecule has 1 aromatic rings. The molecular formula is C10H14N2O3. The fourth-order valence-electron chi connectivity index (χ4n) is 1.17. The molecule has 0 saturated carbocycles. The van der Waals surface area contributed by atoms with Crippen molar-refractivity contribution >= 4 is 5.91 Å². The van der Waals surface area contributed by atoms with Gasteiger partial charge in [0.1, 0.15) is 5.75 Å². The summed E-state index contributed by atoms with van der Waals surface area (Å²) in [5.74, 6) is -0.0831. The average Bonchev–Trinajstić information content (AvgIpc) is 2.25. The summed E-state index contributed by atoms with van der Waals surface area (Å²) in [4.78, 5) is 10.5. The van der Waals surface area contributed by atoms with Crippen molar-refractivity contribution in [2.24, 2.45) is 11.5 Å². The molecule has 5 N–H and O–H groups in total. The third-order valence-corrected chi connectivity index (χ3v) is 1.89. The lowest BCUT2D eigenvalue weighted by Crippen LogP contribution is -2.22. The van der Waals surface area contributed by atoms with E-state index in [9.17, 15) is 4.79 Å². The summed E-state index contributed by atoms with van der Waals surface area (Å²) in [6.07, 6.45) is 0. The van der Waals surface area contributed by atoms with Crippen LogP contribution in [-0.4, -0.2) is 24.2 Å². The number of aliphatic hydroxyl groups excluding tert-OH is 1. The van der Waals surface area contributed by atoms with E-state index in [-0.39, 0.29) is 13.2 Å². The first-order chi connectivity index (χ1) is 7.15. The summed E-state index contributed by atoms with van der Waals surface area (Å²) in [7, 11) is 0. The summed E-state index contributed by atoms with van der Waals surface area (Å²) < 4.78 is 5.16. The SMILES string of the molecule is NC(=O)COc1ccccc1[C@H](N)CO. The zero-order chi connectivity index (χ0) is 11.3. The maximum Gasteiger partial charge on any atom is 0.255 e. The van der Waals surface area contributed by atoms with Crippen molar-refractivity contribution in [1.29, 1.82) is 0 Å². The highest BCUT2D eigenvalue weighted by Gasteiger charge is 2.10. The van der Waals surface area contributed by atoms with Gasteiger partial charge in [0, 0.05) is 5.56 Å². The third-order valence-electron chi connectivity index (χ3n) is 1.89. The molecule has 0 aromatic heterocycles. The van der Waals surface area contributed by atoms with Gasteiger partial charge < -0.3 is 21.3 Å². The summed E-state index contributed by atoms with van der Waals surface area (Å²) in [5, 5.41) is 8.92. The Morgan fingerprint density at radius 1 is 1.47 bits per heavy atom. The average molecular weight is 210 g/mol. The van der Waals surface area contributed by atoms with Crippen LogP contribution in [0.5, 0.6) is 5.75 Å². The minimum atomic E-state index is -0.553. The fraction of sp³-hybridized carbons (Fsp3) is 0.300. The number of hydrogen-bond donors (Lipinski definition) is 3. The molecule has 0 spiro atoms. The molecule has 0 saturated heterocycles. The highest BCUT2D eigenvalue weighted by Crippen LogP contribution is 2.22. The number of nitrogens with two attached hydrogens (primary N) is 2. The van der Waals surface area contributed by atoms with Crippen LogP contribution in [0.15, 0.2) is 24.3 Å². The smallest absolute Gasteiger partial charge is 0.255 e. The Bertz CT molecular complexity index is 341. The standard InChI is InChI=1S/C10H14N2O3/c11-8(5-13)7-3-1-2-4-9(7)15-6-10(12)14/h1-4,8,13H,5-6,11H2,(H2,12,14)/t8-/m1/s1. The Morgan fingerprint density at radius 2 is 2.13 bits per heavy atom. The number of hydrogen-bond acceptors (Lipinski definition) is 4. The van der Waals surface area contributed by atoms with Crippen molar-refractivity contribution in [2.45, 2.75) is 6.04 Å². The minimum absolute atomic E-state index is 0.184. The van der Waals surface area contributed by atoms with E-state index in [0.717, 1.165) is 0 Å². The van der Waals surface area contributed by atoms with Crippen LogP contribution in [-0.2, 0) is 4.79 Å². The van der Waals surface area contributed by atoms with Gasteiger partial charge in [-0.3, -0.25) is 4.79 Å². The van der Waals surface area contributed by atoms with E-state index in [1.807, 2.05) is 0 Å². The number of rotatable bonds is 5. The van der Waals surface area contributed by atoms with Gasteiger partial charge >= 0.3 is 0 Å². The van der Waals surface area contributed by atoms with E-state index in [4.69, 9.17) is 21.3 Å². The van der Waals surface area contributed by atoms with Crippen molar-refractivity contribution in [3.8, 4) is 5.75 Å². The normalized spacial score (nSPS) is 12.1. The monoisotopic (exact) mass is 210 g/mol. The Labute approximate surface area is 87.6 Å². The molecule has 1 atom stereocenters. The fourth-order valence-corrected chi connectivity index (χ4v) is 1.17. The summed E-state index contributed by atoms with van der Waals surface area (Å²) >= 11 is 0. The predicted molar refractivity (Wildman–Crippen MR) is 55.1 cm³/mol. The van der Waals surface area contributed by atoms with E-state index in [1.165, 1.54) is 0 Å². The zero-order valence-corrected chi connectivity index (χ0v) is 8.22. The topological polar surface area (TPSA) is 98.6 Å².